The summed E-state index contributed by atoms with van der Waals surface area (Å²) < 4.78 is 65.7. The number of sulfonamides is 1. The molecule has 0 saturated heterocycles. The molecule has 0 aromatic heterocycles. The second-order valence-corrected chi connectivity index (χ2v) is 6.04. The van der Waals surface area contributed by atoms with Gasteiger partial charge in [-0.2, -0.15) is 0 Å². The van der Waals surface area contributed by atoms with E-state index < -0.39 is 22.1 Å². The summed E-state index contributed by atoms with van der Waals surface area (Å²) >= 11 is 0. The van der Waals surface area contributed by atoms with Gasteiger partial charge in [0.15, 0.2) is 0 Å². The highest BCUT2D eigenvalue weighted by atomic mass is 32.2. The fourth-order valence-electron chi connectivity index (χ4n) is 1.20. The third kappa shape index (κ3) is 5.48. The monoisotopic (exact) mass is 297 g/mol. The molecule has 1 aromatic carbocycles. The number of rotatable bonds is 5. The summed E-state index contributed by atoms with van der Waals surface area (Å²) in [7, 11) is -3.83. The molecule has 4 nitrogen and oxygen atoms in total. The summed E-state index contributed by atoms with van der Waals surface area (Å²) in [5, 5.41) is 0. The minimum Gasteiger partial charge on any atom is -0.406 e. The minimum atomic E-state index is -4.85. The Morgan fingerprint density at radius 3 is 2.47 bits per heavy atom. The summed E-state index contributed by atoms with van der Waals surface area (Å²) in [5.74, 6) is -0.482. The van der Waals surface area contributed by atoms with E-state index in [-0.39, 0.29) is 17.4 Å². The van der Waals surface area contributed by atoms with E-state index >= 15 is 0 Å². The average Bonchev–Trinajstić information content (AvgIpc) is 2.24. The Morgan fingerprint density at radius 1 is 1.32 bits per heavy atom. The van der Waals surface area contributed by atoms with E-state index in [9.17, 15) is 21.6 Å². The van der Waals surface area contributed by atoms with Gasteiger partial charge < -0.3 is 4.74 Å². The molecular weight excluding hydrogens is 283 g/mol. The van der Waals surface area contributed by atoms with Crippen LogP contribution in [0.1, 0.15) is 13.8 Å². The van der Waals surface area contributed by atoms with Gasteiger partial charge in [0.1, 0.15) is 5.75 Å². The maximum Gasteiger partial charge on any atom is 0.573 e. The zero-order valence-electron chi connectivity index (χ0n) is 10.4. The second kappa shape index (κ2) is 5.79. The molecule has 0 heterocycles. The quantitative estimate of drug-likeness (QED) is 0.908. The Kier molecular flexibility index (Phi) is 4.81. The number of halogens is 3. The van der Waals surface area contributed by atoms with Gasteiger partial charge in [-0.1, -0.05) is 19.9 Å². The highest BCUT2D eigenvalue weighted by molar-refractivity contribution is 7.89. The van der Waals surface area contributed by atoms with Crippen LogP contribution >= 0.6 is 0 Å². The van der Waals surface area contributed by atoms with Crippen LogP contribution in [-0.2, 0) is 10.0 Å². The molecule has 19 heavy (non-hydrogen) atoms. The van der Waals surface area contributed by atoms with Crippen molar-refractivity contribution in [1.82, 2.24) is 4.72 Å². The number of alkyl halides is 3. The van der Waals surface area contributed by atoms with Gasteiger partial charge in [0.05, 0.1) is 4.90 Å². The summed E-state index contributed by atoms with van der Waals surface area (Å²) in [6.07, 6.45) is -4.85. The Morgan fingerprint density at radius 2 is 1.95 bits per heavy atom. The molecule has 0 bridgehead atoms. The molecule has 0 radical (unpaired) electrons. The van der Waals surface area contributed by atoms with E-state index in [0.29, 0.717) is 0 Å². The van der Waals surface area contributed by atoms with Crippen LogP contribution in [0.5, 0.6) is 5.75 Å². The maximum atomic E-state index is 12.0. The molecule has 1 N–H and O–H groups in total. The predicted molar refractivity (Wildman–Crippen MR) is 63.2 cm³/mol. The van der Waals surface area contributed by atoms with Crippen LogP contribution in [0, 0.1) is 5.92 Å². The first kappa shape index (κ1) is 15.8. The molecule has 108 valence electrons. The number of benzene rings is 1. The first-order chi connectivity index (χ1) is 8.60. The number of ether oxygens (including phenoxy) is 1. The van der Waals surface area contributed by atoms with Crippen LogP contribution < -0.4 is 9.46 Å². The SMILES string of the molecule is CC(C)CNS(=O)(=O)c1cccc(OC(F)(F)F)c1. The maximum absolute atomic E-state index is 12.0. The smallest absolute Gasteiger partial charge is 0.406 e. The zero-order chi connectivity index (χ0) is 14.7. The molecule has 0 aliphatic rings. The minimum absolute atomic E-state index is 0.0874. The lowest BCUT2D eigenvalue weighted by molar-refractivity contribution is -0.274. The fourth-order valence-corrected chi connectivity index (χ4v) is 2.45. The third-order valence-corrected chi connectivity index (χ3v) is 3.45. The highest BCUT2D eigenvalue weighted by Gasteiger charge is 2.31. The molecule has 0 spiro atoms. The van der Waals surface area contributed by atoms with Crippen LogP contribution in [0.4, 0.5) is 13.2 Å². The normalized spacial score (nSPS) is 12.7. The van der Waals surface area contributed by atoms with E-state index in [1.54, 1.807) is 0 Å². The molecule has 0 atom stereocenters. The van der Waals surface area contributed by atoms with E-state index in [0.717, 1.165) is 12.1 Å². The standard InChI is InChI=1S/C11H14F3NO3S/c1-8(2)7-15-19(16,17)10-5-3-4-9(6-10)18-11(12,13)14/h3-6,8,15H,7H2,1-2H3. The first-order valence-corrected chi connectivity index (χ1v) is 6.94. The van der Waals surface area contributed by atoms with Gasteiger partial charge in [-0.25, -0.2) is 13.1 Å². The van der Waals surface area contributed by atoms with Gasteiger partial charge in [-0.05, 0) is 18.1 Å². The molecule has 0 saturated carbocycles. The molecule has 0 aliphatic heterocycles. The molecule has 0 amide bonds. The predicted octanol–water partition coefficient (Wildman–Crippen LogP) is 2.52. The molecule has 8 heteroatoms. The number of hydrogen-bond donors (Lipinski definition) is 1. The average molecular weight is 297 g/mol. The molecular formula is C11H14F3NO3S. The molecule has 0 fully saturated rings. The number of nitrogens with one attached hydrogen (secondary N) is 1. The molecule has 0 aliphatic carbocycles. The van der Waals surface area contributed by atoms with Crippen LogP contribution in [0.25, 0.3) is 0 Å². The largest absolute Gasteiger partial charge is 0.573 e. The van der Waals surface area contributed by atoms with Gasteiger partial charge in [-0.15, -0.1) is 13.2 Å². The van der Waals surface area contributed by atoms with Crippen LogP contribution in [0.3, 0.4) is 0 Å². The summed E-state index contributed by atoms with van der Waals surface area (Å²) in [6.45, 7) is 3.82. The van der Waals surface area contributed by atoms with Crippen molar-refractivity contribution in [3.8, 4) is 5.75 Å². The van der Waals surface area contributed by atoms with Crippen molar-refractivity contribution in [3.05, 3.63) is 24.3 Å². The second-order valence-electron chi connectivity index (χ2n) is 4.27. The number of hydrogen-bond acceptors (Lipinski definition) is 3. The van der Waals surface area contributed by atoms with Gasteiger partial charge in [0.2, 0.25) is 10.0 Å². The van der Waals surface area contributed by atoms with Gasteiger partial charge in [-0.3, -0.25) is 0 Å². The third-order valence-electron chi connectivity index (χ3n) is 2.03. The summed E-state index contributed by atoms with van der Waals surface area (Å²) in [6, 6.07) is 4.25. The van der Waals surface area contributed by atoms with E-state index in [2.05, 4.69) is 9.46 Å². The molecule has 1 aromatic rings. The van der Waals surface area contributed by atoms with Crippen molar-refractivity contribution in [2.45, 2.75) is 25.1 Å². The Labute approximate surface area is 109 Å². The Bertz CT molecular complexity index is 526. The van der Waals surface area contributed by atoms with Gasteiger partial charge in [0, 0.05) is 12.6 Å². The van der Waals surface area contributed by atoms with Crippen molar-refractivity contribution < 1.29 is 26.3 Å². The van der Waals surface area contributed by atoms with Crippen LogP contribution in [-0.4, -0.2) is 21.3 Å². The van der Waals surface area contributed by atoms with Crippen LogP contribution in [0.2, 0.25) is 0 Å². The van der Waals surface area contributed by atoms with Gasteiger partial charge >= 0.3 is 6.36 Å². The van der Waals surface area contributed by atoms with Crippen molar-refractivity contribution in [2.24, 2.45) is 5.92 Å². The summed E-state index contributed by atoms with van der Waals surface area (Å²) in [4.78, 5) is -0.269. The fraction of sp³-hybridized carbons (Fsp3) is 0.455. The van der Waals surface area contributed by atoms with E-state index in [1.807, 2.05) is 13.8 Å². The summed E-state index contributed by atoms with van der Waals surface area (Å²) in [5.41, 5.74) is 0. The van der Waals surface area contributed by atoms with Crippen molar-refractivity contribution in [2.75, 3.05) is 6.54 Å². The van der Waals surface area contributed by atoms with E-state index in [4.69, 9.17) is 0 Å². The Balaban J connectivity index is 2.92. The van der Waals surface area contributed by atoms with Crippen LogP contribution in [0.15, 0.2) is 29.2 Å². The lowest BCUT2D eigenvalue weighted by Crippen LogP contribution is -2.27. The van der Waals surface area contributed by atoms with Crippen molar-refractivity contribution >= 4 is 10.0 Å². The van der Waals surface area contributed by atoms with Crippen molar-refractivity contribution in [1.29, 1.82) is 0 Å². The lowest BCUT2D eigenvalue weighted by atomic mass is 10.2. The zero-order valence-corrected chi connectivity index (χ0v) is 11.2. The van der Waals surface area contributed by atoms with Gasteiger partial charge in [0.25, 0.3) is 0 Å². The topological polar surface area (TPSA) is 55.4 Å². The first-order valence-electron chi connectivity index (χ1n) is 5.45. The molecule has 0 unspecified atom stereocenters. The Hall–Kier alpha value is -1.28. The highest BCUT2D eigenvalue weighted by Crippen LogP contribution is 2.24. The van der Waals surface area contributed by atoms with E-state index in [1.165, 1.54) is 12.1 Å². The lowest BCUT2D eigenvalue weighted by Gasteiger charge is -2.11. The van der Waals surface area contributed by atoms with Crippen molar-refractivity contribution in [3.63, 3.8) is 0 Å². The molecule has 1 rings (SSSR count).